The smallest absolute Gasteiger partial charge is 0.408 e. The Morgan fingerprint density at radius 3 is 2.82 bits per heavy atom. The molecule has 0 bridgehead atoms. The Hall–Kier alpha value is -1.94. The van der Waals surface area contributed by atoms with Crippen molar-refractivity contribution in [3.8, 4) is 12.3 Å². The number of carbonyl (C=O) groups is 1. The maximum absolute atomic E-state index is 11.6. The molecule has 0 unspecified atom stereocenters. The quantitative estimate of drug-likeness (QED) is 0.514. The lowest BCUT2D eigenvalue weighted by molar-refractivity contribution is 0.0518. The predicted octanol–water partition coefficient (Wildman–Crippen LogP) is -0.171. The van der Waals surface area contributed by atoms with Crippen molar-refractivity contribution in [3.63, 3.8) is 0 Å². The second-order valence-corrected chi connectivity index (χ2v) is 4.47. The highest BCUT2D eigenvalue weighted by Crippen LogP contribution is 2.07. The minimum Gasteiger partial charge on any atom is -0.444 e. The fraction of sp³-hybridized carbons (Fsp3) is 0.600. The summed E-state index contributed by atoms with van der Waals surface area (Å²) < 4.78 is 5.13. The first-order valence-corrected chi connectivity index (χ1v) is 5.19. The zero-order valence-corrected chi connectivity index (χ0v) is 10.1. The summed E-state index contributed by atoms with van der Waals surface area (Å²) in [5.41, 5.74) is 7.25. The van der Waals surface area contributed by atoms with Crippen molar-refractivity contribution in [2.24, 2.45) is 5.10 Å². The van der Waals surface area contributed by atoms with Gasteiger partial charge in [0.1, 0.15) is 11.6 Å². The summed E-state index contributed by atoms with van der Waals surface area (Å²) in [6.45, 7) is 5.37. The molecule has 1 aliphatic rings. The summed E-state index contributed by atoms with van der Waals surface area (Å²) in [4.78, 5) is 11.6. The Bertz CT molecular complexity index is 353. The second-order valence-electron chi connectivity index (χ2n) is 4.47. The number of hydrogen-bond acceptors (Lipinski definition) is 6. The Morgan fingerprint density at radius 1 is 1.65 bits per heavy atom. The maximum Gasteiger partial charge on any atom is 0.408 e. The molecule has 1 atom stereocenters. The molecule has 0 aromatic heterocycles. The van der Waals surface area contributed by atoms with Crippen LogP contribution in [0.2, 0.25) is 0 Å². The molecular formula is C10H17N5O2. The second kappa shape index (κ2) is 5.41. The molecule has 7 heteroatoms. The number of nitrogens with one attached hydrogen (secondary N) is 4. The number of nitrogens with zero attached hydrogens (tertiary/aromatic N) is 1. The van der Waals surface area contributed by atoms with Gasteiger partial charge in [-0.3, -0.25) is 5.43 Å². The van der Waals surface area contributed by atoms with E-state index in [2.05, 4.69) is 32.8 Å². The van der Waals surface area contributed by atoms with Gasteiger partial charge in [0, 0.05) is 6.42 Å². The lowest BCUT2D eigenvalue weighted by Crippen LogP contribution is -2.49. The zero-order chi connectivity index (χ0) is 12.9. The van der Waals surface area contributed by atoms with Gasteiger partial charge in [0.15, 0.2) is 5.84 Å². The topological polar surface area (TPSA) is 86.8 Å². The van der Waals surface area contributed by atoms with E-state index in [-0.39, 0.29) is 0 Å². The van der Waals surface area contributed by atoms with E-state index in [0.717, 1.165) is 0 Å². The van der Waals surface area contributed by atoms with Crippen LogP contribution < -0.4 is 21.8 Å². The Labute approximate surface area is 100 Å². The van der Waals surface area contributed by atoms with Crippen LogP contribution in [0.3, 0.4) is 0 Å². The average Bonchev–Trinajstić information content (AvgIpc) is 2.66. The van der Waals surface area contributed by atoms with Gasteiger partial charge in [0.05, 0.1) is 0 Å². The minimum absolute atomic E-state index is 0.314. The summed E-state index contributed by atoms with van der Waals surface area (Å²) in [7, 11) is 0. The Morgan fingerprint density at radius 2 is 2.35 bits per heavy atom. The van der Waals surface area contributed by atoms with Crippen LogP contribution in [0.4, 0.5) is 4.79 Å². The third-order valence-electron chi connectivity index (χ3n) is 1.77. The molecule has 1 aliphatic heterocycles. The van der Waals surface area contributed by atoms with Gasteiger partial charge in [-0.1, -0.05) is 0 Å². The van der Waals surface area contributed by atoms with Gasteiger partial charge in [-0.05, 0) is 20.8 Å². The number of hydrogen-bond donors (Lipinski definition) is 4. The van der Waals surface area contributed by atoms with Gasteiger partial charge >= 0.3 is 6.09 Å². The van der Waals surface area contributed by atoms with Crippen molar-refractivity contribution < 1.29 is 9.53 Å². The standard InChI is InChI=1S/C10H17N5O2/c1-5-6-7(8-12-14-15-13-8)11-9(16)17-10(2,3)4/h1,7,14-15H,6H2,2-4H3,(H,11,16)(H,12,13)/t7-/m0/s1. The van der Waals surface area contributed by atoms with E-state index in [4.69, 9.17) is 11.2 Å². The van der Waals surface area contributed by atoms with Crippen LogP contribution in [0.1, 0.15) is 27.2 Å². The summed E-state index contributed by atoms with van der Waals surface area (Å²) >= 11 is 0. The van der Waals surface area contributed by atoms with E-state index in [1.807, 2.05) is 0 Å². The molecule has 0 aromatic carbocycles. The van der Waals surface area contributed by atoms with Crippen molar-refractivity contribution in [1.29, 1.82) is 0 Å². The SMILES string of the molecule is C#CC[C@H](NC(=O)OC(C)(C)C)C1=NNNN1. The summed E-state index contributed by atoms with van der Waals surface area (Å²) in [6.07, 6.45) is 5.02. The fourth-order valence-electron chi connectivity index (χ4n) is 1.16. The van der Waals surface area contributed by atoms with Gasteiger partial charge in [-0.25, -0.2) is 10.3 Å². The third kappa shape index (κ3) is 4.61. The van der Waals surface area contributed by atoms with Crippen molar-refractivity contribution >= 4 is 11.9 Å². The molecule has 94 valence electrons. The fourth-order valence-corrected chi connectivity index (χ4v) is 1.16. The first-order valence-electron chi connectivity index (χ1n) is 5.19. The molecule has 17 heavy (non-hydrogen) atoms. The molecule has 0 aliphatic carbocycles. The van der Waals surface area contributed by atoms with Crippen molar-refractivity contribution in [1.82, 2.24) is 21.8 Å². The first-order chi connectivity index (χ1) is 7.92. The van der Waals surface area contributed by atoms with E-state index >= 15 is 0 Å². The molecule has 0 radical (unpaired) electrons. The normalized spacial score (nSPS) is 16.0. The van der Waals surface area contributed by atoms with Gasteiger partial charge in [-0.2, -0.15) is 0 Å². The third-order valence-corrected chi connectivity index (χ3v) is 1.77. The molecule has 0 saturated carbocycles. The number of rotatable bonds is 3. The summed E-state index contributed by atoms with van der Waals surface area (Å²) in [5, 5.41) is 6.52. The molecule has 0 fully saturated rings. The number of hydrazone groups is 1. The highest BCUT2D eigenvalue weighted by molar-refractivity contribution is 5.90. The molecule has 1 amide bonds. The van der Waals surface area contributed by atoms with Crippen LogP contribution in [0.5, 0.6) is 0 Å². The minimum atomic E-state index is -0.549. The van der Waals surface area contributed by atoms with E-state index in [9.17, 15) is 4.79 Å². The van der Waals surface area contributed by atoms with E-state index in [1.54, 1.807) is 20.8 Å². The number of ether oxygens (including phenoxy) is 1. The summed E-state index contributed by atoms with van der Waals surface area (Å²) in [6, 6.07) is -0.419. The van der Waals surface area contributed by atoms with Crippen LogP contribution in [0, 0.1) is 12.3 Å². The van der Waals surface area contributed by atoms with Crippen LogP contribution >= 0.6 is 0 Å². The van der Waals surface area contributed by atoms with E-state index in [1.165, 1.54) is 0 Å². The highest BCUT2D eigenvalue weighted by Gasteiger charge is 2.23. The number of amidine groups is 1. The molecule has 0 saturated heterocycles. The molecule has 1 rings (SSSR count). The lowest BCUT2D eigenvalue weighted by atomic mass is 10.2. The Kier molecular flexibility index (Phi) is 4.17. The first kappa shape index (κ1) is 13.1. The van der Waals surface area contributed by atoms with Gasteiger partial charge in [0.2, 0.25) is 0 Å². The lowest BCUT2D eigenvalue weighted by Gasteiger charge is -2.22. The molecule has 0 aromatic rings. The maximum atomic E-state index is 11.6. The van der Waals surface area contributed by atoms with Crippen LogP contribution in [-0.4, -0.2) is 23.6 Å². The van der Waals surface area contributed by atoms with Gasteiger partial charge in [-0.15, -0.1) is 23.0 Å². The molecule has 4 N–H and O–H groups in total. The number of hydrazine groups is 2. The number of carbonyl (C=O) groups excluding carboxylic acids is 1. The molecule has 7 nitrogen and oxygen atoms in total. The van der Waals surface area contributed by atoms with Gasteiger partial charge < -0.3 is 10.1 Å². The van der Waals surface area contributed by atoms with Crippen molar-refractivity contribution in [2.45, 2.75) is 38.8 Å². The van der Waals surface area contributed by atoms with E-state index < -0.39 is 17.7 Å². The van der Waals surface area contributed by atoms with Crippen molar-refractivity contribution in [2.75, 3.05) is 0 Å². The van der Waals surface area contributed by atoms with Crippen LogP contribution in [-0.2, 0) is 4.74 Å². The monoisotopic (exact) mass is 239 g/mol. The predicted molar refractivity (Wildman–Crippen MR) is 63.4 cm³/mol. The number of amides is 1. The number of alkyl carbamates (subject to hydrolysis) is 1. The van der Waals surface area contributed by atoms with E-state index in [0.29, 0.717) is 12.3 Å². The van der Waals surface area contributed by atoms with Gasteiger partial charge in [0.25, 0.3) is 0 Å². The van der Waals surface area contributed by atoms with Crippen LogP contribution in [0.25, 0.3) is 0 Å². The summed E-state index contributed by atoms with van der Waals surface area (Å²) in [5.74, 6) is 2.97. The Balaban J connectivity index is 2.55. The van der Waals surface area contributed by atoms with Crippen LogP contribution in [0.15, 0.2) is 5.10 Å². The molecular weight excluding hydrogens is 222 g/mol. The largest absolute Gasteiger partial charge is 0.444 e. The molecule has 0 spiro atoms. The highest BCUT2D eigenvalue weighted by atomic mass is 16.6. The molecule has 1 heterocycles. The number of terminal acetylenes is 1. The zero-order valence-electron chi connectivity index (χ0n) is 10.1. The van der Waals surface area contributed by atoms with Crippen molar-refractivity contribution in [3.05, 3.63) is 0 Å². The average molecular weight is 239 g/mol.